The number of fused-ring (bicyclic) bond motifs is 1. The molecular formula is C21H18FN3O3. The fourth-order valence-electron chi connectivity index (χ4n) is 2.79. The van der Waals surface area contributed by atoms with Gasteiger partial charge < -0.3 is 20.1 Å². The molecule has 2 aromatic carbocycles. The molecule has 1 amide bonds. The first kappa shape index (κ1) is 17.8. The van der Waals surface area contributed by atoms with Crippen LogP contribution in [0.25, 0.3) is 0 Å². The molecule has 0 unspecified atom stereocenters. The van der Waals surface area contributed by atoms with Gasteiger partial charge in [0.2, 0.25) is 0 Å². The highest BCUT2D eigenvalue weighted by molar-refractivity contribution is 6.04. The van der Waals surface area contributed by atoms with Gasteiger partial charge in [-0.25, -0.2) is 4.39 Å². The largest absolute Gasteiger partial charge is 0.486 e. The van der Waals surface area contributed by atoms with Crippen LogP contribution < -0.4 is 20.1 Å². The number of amides is 1. The van der Waals surface area contributed by atoms with E-state index in [1.807, 2.05) is 0 Å². The summed E-state index contributed by atoms with van der Waals surface area (Å²) in [5, 5.41) is 6.01. The lowest BCUT2D eigenvalue weighted by molar-refractivity contribution is 0.102. The Kier molecular flexibility index (Phi) is 5.05. The topological polar surface area (TPSA) is 72.5 Å². The van der Waals surface area contributed by atoms with Crippen LogP contribution in [0.15, 0.2) is 60.9 Å². The van der Waals surface area contributed by atoms with Crippen molar-refractivity contribution in [1.29, 1.82) is 0 Å². The molecule has 0 saturated heterocycles. The fourth-order valence-corrected chi connectivity index (χ4v) is 2.79. The molecule has 1 aliphatic rings. The van der Waals surface area contributed by atoms with E-state index < -0.39 is 0 Å². The predicted molar refractivity (Wildman–Crippen MR) is 103 cm³/mol. The van der Waals surface area contributed by atoms with Crippen molar-refractivity contribution in [3.63, 3.8) is 0 Å². The van der Waals surface area contributed by atoms with Crippen LogP contribution >= 0.6 is 0 Å². The zero-order valence-corrected chi connectivity index (χ0v) is 14.9. The van der Waals surface area contributed by atoms with Gasteiger partial charge in [0.25, 0.3) is 5.91 Å². The average Bonchev–Trinajstić information content (AvgIpc) is 2.73. The van der Waals surface area contributed by atoms with Crippen molar-refractivity contribution in [2.45, 2.75) is 6.54 Å². The van der Waals surface area contributed by atoms with Crippen molar-refractivity contribution >= 4 is 17.3 Å². The van der Waals surface area contributed by atoms with Gasteiger partial charge in [-0.3, -0.25) is 9.78 Å². The highest BCUT2D eigenvalue weighted by atomic mass is 19.1. The van der Waals surface area contributed by atoms with Gasteiger partial charge in [0.15, 0.2) is 11.5 Å². The molecule has 3 aromatic rings. The molecule has 4 rings (SSSR count). The van der Waals surface area contributed by atoms with E-state index in [1.54, 1.807) is 42.6 Å². The highest BCUT2D eigenvalue weighted by Crippen LogP contribution is 2.32. The lowest BCUT2D eigenvalue weighted by atomic mass is 10.2. The molecule has 2 heterocycles. The second-order valence-corrected chi connectivity index (χ2v) is 6.25. The van der Waals surface area contributed by atoms with Gasteiger partial charge in [-0.1, -0.05) is 12.1 Å². The van der Waals surface area contributed by atoms with E-state index in [9.17, 15) is 9.18 Å². The molecule has 0 bridgehead atoms. The predicted octanol–water partition coefficient (Wildman–Crippen LogP) is 3.86. The third kappa shape index (κ3) is 4.20. The minimum Gasteiger partial charge on any atom is -0.486 e. The van der Waals surface area contributed by atoms with Crippen LogP contribution in [0.1, 0.15) is 15.9 Å². The molecule has 0 aliphatic carbocycles. The van der Waals surface area contributed by atoms with Crippen LogP contribution in [0.2, 0.25) is 0 Å². The van der Waals surface area contributed by atoms with Crippen molar-refractivity contribution in [3.8, 4) is 11.5 Å². The zero-order chi connectivity index (χ0) is 19.3. The number of carbonyl (C=O) groups excluding carboxylic acids is 1. The number of pyridine rings is 1. The van der Waals surface area contributed by atoms with Gasteiger partial charge in [-0.15, -0.1) is 0 Å². The molecule has 142 valence electrons. The number of benzene rings is 2. The van der Waals surface area contributed by atoms with Gasteiger partial charge in [-0.2, -0.15) is 0 Å². The van der Waals surface area contributed by atoms with Crippen molar-refractivity contribution in [2.24, 2.45) is 0 Å². The van der Waals surface area contributed by atoms with E-state index in [2.05, 4.69) is 15.6 Å². The number of rotatable bonds is 5. The van der Waals surface area contributed by atoms with Crippen molar-refractivity contribution in [1.82, 2.24) is 4.98 Å². The Balaban J connectivity index is 1.42. The Morgan fingerprint density at radius 1 is 0.964 bits per heavy atom. The van der Waals surface area contributed by atoms with Gasteiger partial charge in [0.05, 0.1) is 11.3 Å². The van der Waals surface area contributed by atoms with E-state index in [0.29, 0.717) is 48.2 Å². The van der Waals surface area contributed by atoms with E-state index >= 15 is 0 Å². The van der Waals surface area contributed by atoms with E-state index in [4.69, 9.17) is 9.47 Å². The maximum atomic E-state index is 13.0. The number of anilines is 2. The Morgan fingerprint density at radius 2 is 1.75 bits per heavy atom. The quantitative estimate of drug-likeness (QED) is 0.704. The number of hydrogen-bond acceptors (Lipinski definition) is 5. The second-order valence-electron chi connectivity index (χ2n) is 6.25. The summed E-state index contributed by atoms with van der Waals surface area (Å²) in [5.41, 5.74) is 2.64. The highest BCUT2D eigenvalue weighted by Gasteiger charge is 2.14. The third-order valence-corrected chi connectivity index (χ3v) is 4.21. The average molecular weight is 379 g/mol. The van der Waals surface area contributed by atoms with Crippen molar-refractivity contribution in [3.05, 3.63) is 77.9 Å². The number of ether oxygens (including phenoxy) is 2. The van der Waals surface area contributed by atoms with Crippen LogP contribution in [0, 0.1) is 5.82 Å². The molecule has 1 aromatic heterocycles. The Labute approximate surface area is 161 Å². The summed E-state index contributed by atoms with van der Waals surface area (Å²) in [5.74, 6) is 0.715. The number of aromatic nitrogens is 1. The maximum Gasteiger partial charge on any atom is 0.257 e. The van der Waals surface area contributed by atoms with Crippen LogP contribution in [0.3, 0.4) is 0 Å². The number of hydrogen-bond donors (Lipinski definition) is 2. The Morgan fingerprint density at radius 3 is 2.57 bits per heavy atom. The lowest BCUT2D eigenvalue weighted by Crippen LogP contribution is -2.16. The molecule has 0 atom stereocenters. The molecule has 2 N–H and O–H groups in total. The molecule has 6 nitrogen and oxygen atoms in total. The second kappa shape index (κ2) is 7.96. The number of carbonyl (C=O) groups is 1. The number of halogens is 1. The van der Waals surface area contributed by atoms with Crippen LogP contribution in [-0.2, 0) is 6.54 Å². The number of nitrogens with one attached hydrogen (secondary N) is 2. The molecule has 0 spiro atoms. The summed E-state index contributed by atoms with van der Waals surface area (Å²) < 4.78 is 24.0. The zero-order valence-electron chi connectivity index (χ0n) is 14.9. The van der Waals surface area contributed by atoms with E-state index in [-0.39, 0.29) is 11.7 Å². The fraction of sp³-hybridized carbons (Fsp3) is 0.143. The standard InChI is InChI=1S/C21H18FN3O3/c22-16-3-1-14(2-4-16)11-24-18-9-15(12-23-13-18)21(26)25-17-5-6-19-20(10-17)28-8-7-27-19/h1-6,9-10,12-13,24H,7-8,11H2,(H,25,26). The smallest absolute Gasteiger partial charge is 0.257 e. The minimum absolute atomic E-state index is 0.275. The summed E-state index contributed by atoms with van der Waals surface area (Å²) in [7, 11) is 0. The van der Waals surface area contributed by atoms with Gasteiger partial charge in [-0.05, 0) is 35.9 Å². The summed E-state index contributed by atoms with van der Waals surface area (Å²) in [4.78, 5) is 16.7. The summed E-state index contributed by atoms with van der Waals surface area (Å²) in [6.45, 7) is 1.49. The van der Waals surface area contributed by atoms with Gasteiger partial charge in [0, 0.05) is 30.7 Å². The van der Waals surface area contributed by atoms with E-state index in [0.717, 1.165) is 5.56 Å². The molecule has 28 heavy (non-hydrogen) atoms. The molecule has 1 aliphatic heterocycles. The minimum atomic E-state index is -0.283. The monoisotopic (exact) mass is 379 g/mol. The lowest BCUT2D eigenvalue weighted by Gasteiger charge is -2.19. The van der Waals surface area contributed by atoms with Gasteiger partial charge >= 0.3 is 0 Å². The summed E-state index contributed by atoms with van der Waals surface area (Å²) >= 11 is 0. The number of nitrogens with zero attached hydrogens (tertiary/aromatic N) is 1. The molecule has 0 radical (unpaired) electrons. The maximum absolute atomic E-state index is 13.0. The molecule has 0 fully saturated rings. The van der Waals surface area contributed by atoms with Crippen LogP contribution in [0.4, 0.5) is 15.8 Å². The summed E-state index contributed by atoms with van der Waals surface area (Å²) in [6.07, 6.45) is 3.13. The van der Waals surface area contributed by atoms with E-state index in [1.165, 1.54) is 18.3 Å². The Bertz CT molecular complexity index is 992. The summed E-state index contributed by atoms with van der Waals surface area (Å²) in [6, 6.07) is 13.2. The molecule has 0 saturated carbocycles. The van der Waals surface area contributed by atoms with Crippen LogP contribution in [-0.4, -0.2) is 24.1 Å². The van der Waals surface area contributed by atoms with Crippen LogP contribution in [0.5, 0.6) is 11.5 Å². The normalized spacial score (nSPS) is 12.3. The van der Waals surface area contributed by atoms with Crippen molar-refractivity contribution < 1.29 is 18.7 Å². The third-order valence-electron chi connectivity index (χ3n) is 4.21. The molecular weight excluding hydrogens is 361 g/mol. The Hall–Kier alpha value is -3.61. The molecule has 7 heteroatoms. The first-order chi connectivity index (χ1) is 13.7. The first-order valence-electron chi connectivity index (χ1n) is 8.82. The van der Waals surface area contributed by atoms with Gasteiger partial charge in [0.1, 0.15) is 19.0 Å². The first-order valence-corrected chi connectivity index (χ1v) is 8.82. The van der Waals surface area contributed by atoms with Crippen molar-refractivity contribution in [2.75, 3.05) is 23.8 Å². The SMILES string of the molecule is O=C(Nc1ccc2c(c1)OCCO2)c1cncc(NCc2ccc(F)cc2)c1.